The van der Waals surface area contributed by atoms with E-state index in [1.54, 1.807) is 4.90 Å². The van der Waals surface area contributed by atoms with Gasteiger partial charge < -0.3 is 15.5 Å². The lowest BCUT2D eigenvalue weighted by Gasteiger charge is -2.18. The lowest BCUT2D eigenvalue weighted by molar-refractivity contribution is -0.118. The van der Waals surface area contributed by atoms with E-state index >= 15 is 0 Å². The van der Waals surface area contributed by atoms with Gasteiger partial charge in [-0.15, -0.1) is 0 Å². The van der Waals surface area contributed by atoms with Crippen LogP contribution in [0.15, 0.2) is 42.5 Å². The Labute approximate surface area is 145 Å². The van der Waals surface area contributed by atoms with E-state index in [4.69, 9.17) is 0 Å². The molecule has 2 aromatic carbocycles. The number of hydrogen-bond donors (Lipinski definition) is 2. The van der Waals surface area contributed by atoms with Crippen LogP contribution < -0.4 is 15.5 Å². The van der Waals surface area contributed by atoms with Gasteiger partial charge in [-0.25, -0.2) is 9.18 Å². The molecule has 2 aromatic rings. The van der Waals surface area contributed by atoms with Gasteiger partial charge in [0.15, 0.2) is 0 Å². The summed E-state index contributed by atoms with van der Waals surface area (Å²) in [6.45, 7) is 4.59. The standard InChI is InChI=1S/C19H20FN3O2/c1-12-3-8-16(11-13(12)2)23-10-9-17(18(23)24)22-19(25)21-15-6-4-14(20)5-7-15/h3-8,11,17H,9-10H2,1-2H3,(H2,21,22,25)/t17-/m1/s1. The van der Waals surface area contributed by atoms with Gasteiger partial charge in [0.25, 0.3) is 0 Å². The molecule has 0 saturated carbocycles. The first-order valence-electron chi connectivity index (χ1n) is 8.16. The highest BCUT2D eigenvalue weighted by Gasteiger charge is 2.33. The van der Waals surface area contributed by atoms with E-state index in [1.807, 2.05) is 32.0 Å². The normalized spacial score (nSPS) is 16.8. The number of nitrogens with one attached hydrogen (secondary N) is 2. The molecule has 3 rings (SSSR count). The zero-order chi connectivity index (χ0) is 18.0. The highest BCUT2D eigenvalue weighted by Crippen LogP contribution is 2.24. The van der Waals surface area contributed by atoms with Gasteiger partial charge in [-0.05, 0) is 67.8 Å². The monoisotopic (exact) mass is 341 g/mol. The van der Waals surface area contributed by atoms with Crippen LogP contribution in [0, 0.1) is 19.7 Å². The molecule has 130 valence electrons. The molecule has 1 saturated heterocycles. The molecule has 6 heteroatoms. The second-order valence-electron chi connectivity index (χ2n) is 6.21. The lowest BCUT2D eigenvalue weighted by atomic mass is 10.1. The molecule has 0 unspecified atom stereocenters. The number of halogens is 1. The number of hydrogen-bond acceptors (Lipinski definition) is 2. The summed E-state index contributed by atoms with van der Waals surface area (Å²) in [5.41, 5.74) is 3.60. The Hall–Kier alpha value is -2.89. The average Bonchev–Trinajstić information content (AvgIpc) is 2.93. The van der Waals surface area contributed by atoms with Crippen LogP contribution in [0.3, 0.4) is 0 Å². The Morgan fingerprint density at radius 2 is 1.84 bits per heavy atom. The molecule has 1 aliphatic heterocycles. The number of urea groups is 1. The Morgan fingerprint density at radius 1 is 1.12 bits per heavy atom. The highest BCUT2D eigenvalue weighted by molar-refractivity contribution is 6.02. The number of carbonyl (C=O) groups excluding carboxylic acids is 2. The fourth-order valence-corrected chi connectivity index (χ4v) is 2.82. The fraction of sp³-hybridized carbons (Fsp3) is 0.263. The van der Waals surface area contributed by atoms with E-state index in [0.29, 0.717) is 18.7 Å². The summed E-state index contributed by atoms with van der Waals surface area (Å²) in [5.74, 6) is -0.501. The number of aryl methyl sites for hydroxylation is 2. The molecule has 1 heterocycles. The predicted molar refractivity (Wildman–Crippen MR) is 95.2 cm³/mol. The number of amides is 3. The number of carbonyl (C=O) groups is 2. The number of benzene rings is 2. The van der Waals surface area contributed by atoms with E-state index < -0.39 is 12.1 Å². The molecule has 5 nitrogen and oxygen atoms in total. The maximum Gasteiger partial charge on any atom is 0.319 e. The molecule has 0 radical (unpaired) electrons. The summed E-state index contributed by atoms with van der Waals surface area (Å²) in [5, 5.41) is 5.28. The molecule has 1 fully saturated rings. The van der Waals surface area contributed by atoms with Crippen LogP contribution in [0.2, 0.25) is 0 Å². The third-order valence-corrected chi connectivity index (χ3v) is 4.42. The van der Waals surface area contributed by atoms with Crippen molar-refractivity contribution >= 4 is 23.3 Å². The van der Waals surface area contributed by atoms with E-state index in [0.717, 1.165) is 11.3 Å². The number of nitrogens with zero attached hydrogens (tertiary/aromatic N) is 1. The molecular formula is C19H20FN3O2. The van der Waals surface area contributed by atoms with Crippen LogP contribution in [0.1, 0.15) is 17.5 Å². The van der Waals surface area contributed by atoms with E-state index in [2.05, 4.69) is 10.6 Å². The van der Waals surface area contributed by atoms with Gasteiger partial charge in [-0.1, -0.05) is 6.07 Å². The van der Waals surface area contributed by atoms with Gasteiger partial charge in [0.05, 0.1) is 0 Å². The highest BCUT2D eigenvalue weighted by atomic mass is 19.1. The summed E-state index contributed by atoms with van der Waals surface area (Å²) >= 11 is 0. The average molecular weight is 341 g/mol. The maximum atomic E-state index is 12.9. The van der Waals surface area contributed by atoms with Gasteiger partial charge in [0, 0.05) is 17.9 Å². The minimum absolute atomic E-state index is 0.127. The van der Waals surface area contributed by atoms with E-state index in [-0.39, 0.29) is 11.7 Å². The molecule has 0 aromatic heterocycles. The molecular weight excluding hydrogens is 321 g/mol. The summed E-state index contributed by atoms with van der Waals surface area (Å²) in [7, 11) is 0. The minimum atomic E-state index is -0.568. The van der Waals surface area contributed by atoms with E-state index in [9.17, 15) is 14.0 Å². The van der Waals surface area contributed by atoms with Crippen LogP contribution >= 0.6 is 0 Å². The summed E-state index contributed by atoms with van der Waals surface area (Å²) in [4.78, 5) is 26.3. The number of anilines is 2. The molecule has 3 amide bonds. The van der Waals surface area contributed by atoms with Crippen molar-refractivity contribution in [3.05, 3.63) is 59.4 Å². The zero-order valence-corrected chi connectivity index (χ0v) is 14.2. The van der Waals surface area contributed by atoms with Crippen molar-refractivity contribution in [2.45, 2.75) is 26.3 Å². The summed E-state index contributed by atoms with van der Waals surface area (Å²) in [6, 6.07) is 10.3. The predicted octanol–water partition coefficient (Wildman–Crippen LogP) is 3.37. The van der Waals surface area contributed by atoms with Crippen LogP contribution in [-0.4, -0.2) is 24.5 Å². The van der Waals surface area contributed by atoms with Crippen molar-refractivity contribution in [3.8, 4) is 0 Å². The third-order valence-electron chi connectivity index (χ3n) is 4.42. The number of rotatable bonds is 3. The van der Waals surface area contributed by atoms with Crippen LogP contribution in [0.4, 0.5) is 20.6 Å². The van der Waals surface area contributed by atoms with Crippen molar-refractivity contribution in [1.82, 2.24) is 5.32 Å². The van der Waals surface area contributed by atoms with Crippen molar-refractivity contribution in [2.75, 3.05) is 16.8 Å². The zero-order valence-electron chi connectivity index (χ0n) is 14.2. The van der Waals surface area contributed by atoms with E-state index in [1.165, 1.54) is 29.8 Å². The Kier molecular flexibility index (Phi) is 4.70. The molecule has 0 bridgehead atoms. The maximum absolute atomic E-state index is 12.9. The molecule has 0 aliphatic carbocycles. The first-order valence-corrected chi connectivity index (χ1v) is 8.16. The van der Waals surface area contributed by atoms with Crippen LogP contribution in [-0.2, 0) is 4.79 Å². The van der Waals surface area contributed by atoms with Crippen molar-refractivity contribution < 1.29 is 14.0 Å². The van der Waals surface area contributed by atoms with Crippen molar-refractivity contribution in [1.29, 1.82) is 0 Å². The third kappa shape index (κ3) is 3.79. The van der Waals surface area contributed by atoms with Gasteiger partial charge >= 0.3 is 6.03 Å². The molecule has 0 spiro atoms. The lowest BCUT2D eigenvalue weighted by Crippen LogP contribution is -2.43. The van der Waals surface area contributed by atoms with Crippen LogP contribution in [0.5, 0.6) is 0 Å². The minimum Gasteiger partial charge on any atom is -0.326 e. The van der Waals surface area contributed by atoms with Crippen molar-refractivity contribution in [2.24, 2.45) is 0 Å². The molecule has 1 aliphatic rings. The SMILES string of the molecule is Cc1ccc(N2CC[C@@H](NC(=O)Nc3ccc(F)cc3)C2=O)cc1C. The van der Waals surface area contributed by atoms with Gasteiger partial charge in [-0.2, -0.15) is 0 Å². The van der Waals surface area contributed by atoms with Gasteiger partial charge in [0.1, 0.15) is 11.9 Å². The smallest absolute Gasteiger partial charge is 0.319 e. The second kappa shape index (κ2) is 6.93. The van der Waals surface area contributed by atoms with Gasteiger partial charge in [-0.3, -0.25) is 4.79 Å². The summed E-state index contributed by atoms with van der Waals surface area (Å²) < 4.78 is 12.9. The topological polar surface area (TPSA) is 61.4 Å². The second-order valence-corrected chi connectivity index (χ2v) is 6.21. The summed E-state index contributed by atoms with van der Waals surface area (Å²) in [6.07, 6.45) is 0.544. The molecule has 25 heavy (non-hydrogen) atoms. The first kappa shape index (κ1) is 17.0. The quantitative estimate of drug-likeness (QED) is 0.899. The largest absolute Gasteiger partial charge is 0.326 e. The first-order chi connectivity index (χ1) is 11.9. The van der Waals surface area contributed by atoms with Crippen molar-refractivity contribution in [3.63, 3.8) is 0 Å². The Bertz CT molecular complexity index is 805. The Morgan fingerprint density at radius 3 is 2.52 bits per heavy atom. The van der Waals surface area contributed by atoms with Crippen LogP contribution in [0.25, 0.3) is 0 Å². The Balaban J connectivity index is 1.62. The van der Waals surface area contributed by atoms with Gasteiger partial charge in [0.2, 0.25) is 5.91 Å². The molecule has 1 atom stereocenters. The molecule has 2 N–H and O–H groups in total. The fourth-order valence-electron chi connectivity index (χ4n) is 2.82.